The van der Waals surface area contributed by atoms with Crippen LogP contribution in [-0.4, -0.2) is 27.7 Å². The minimum atomic E-state index is -1.19. The lowest BCUT2D eigenvalue weighted by atomic mass is 9.81. The molecule has 0 saturated heterocycles. The fraction of sp³-hybridized carbons (Fsp3) is 0.185. The molecule has 1 N–H and O–H groups in total. The third-order valence-corrected chi connectivity index (χ3v) is 7.28. The van der Waals surface area contributed by atoms with Gasteiger partial charge in [-0.2, -0.15) is 0 Å². The molecule has 0 amide bonds. The second kappa shape index (κ2) is 10.3. The summed E-state index contributed by atoms with van der Waals surface area (Å²) in [7, 11) is 1.55. The average Bonchev–Trinajstić information content (AvgIpc) is 3.28. The average molecular weight is 529 g/mol. The van der Waals surface area contributed by atoms with E-state index < -0.39 is 17.2 Å². The summed E-state index contributed by atoms with van der Waals surface area (Å²) in [5.41, 5.74) is 2.10. The second-order valence-electron chi connectivity index (χ2n) is 8.61. The first-order valence-electron chi connectivity index (χ1n) is 10.9. The Balaban J connectivity index is 1.75. The predicted octanol–water partition coefficient (Wildman–Crippen LogP) is 7.13. The third-order valence-electron chi connectivity index (χ3n) is 5.98. The van der Waals surface area contributed by atoms with Crippen molar-refractivity contribution >= 4 is 29.3 Å². The number of carboxylic acid groups (broad SMARTS) is 1. The Morgan fingerprint density at radius 3 is 2.44 bits per heavy atom. The van der Waals surface area contributed by atoms with Crippen LogP contribution in [0.5, 0.6) is 5.75 Å². The SMILES string of the molecule is COc1ccc(C(C)(C)c2cnc(SCc3ccc(C(=O)O)cc3F)n2-c2ccc(F)cc2)cc1Cl. The van der Waals surface area contributed by atoms with Crippen molar-refractivity contribution < 1.29 is 23.4 Å². The van der Waals surface area contributed by atoms with Gasteiger partial charge >= 0.3 is 5.97 Å². The molecule has 0 saturated carbocycles. The molecule has 5 nitrogen and oxygen atoms in total. The summed E-state index contributed by atoms with van der Waals surface area (Å²) in [5.74, 6) is -1.37. The zero-order valence-electron chi connectivity index (χ0n) is 19.8. The van der Waals surface area contributed by atoms with Crippen molar-refractivity contribution in [3.63, 3.8) is 0 Å². The van der Waals surface area contributed by atoms with E-state index in [-0.39, 0.29) is 17.1 Å². The molecule has 4 rings (SSSR count). The molecule has 9 heteroatoms. The highest BCUT2D eigenvalue weighted by molar-refractivity contribution is 7.98. The lowest BCUT2D eigenvalue weighted by Crippen LogP contribution is -2.23. The van der Waals surface area contributed by atoms with Gasteiger partial charge in [-0.15, -0.1) is 0 Å². The number of carboxylic acids is 1. The molecule has 0 unspecified atom stereocenters. The number of hydrogen-bond acceptors (Lipinski definition) is 4. The molecule has 36 heavy (non-hydrogen) atoms. The first-order valence-corrected chi connectivity index (χ1v) is 12.3. The minimum absolute atomic E-state index is 0.115. The number of hydrogen-bond donors (Lipinski definition) is 1. The number of imidazole rings is 1. The molecule has 0 bridgehead atoms. The molecule has 0 aliphatic heterocycles. The van der Waals surface area contributed by atoms with Gasteiger partial charge < -0.3 is 9.84 Å². The number of thioether (sulfide) groups is 1. The third kappa shape index (κ3) is 5.10. The molecule has 3 aromatic carbocycles. The van der Waals surface area contributed by atoms with Gasteiger partial charge in [0.15, 0.2) is 5.16 Å². The van der Waals surface area contributed by atoms with Crippen molar-refractivity contribution in [2.45, 2.75) is 30.2 Å². The zero-order chi connectivity index (χ0) is 26.0. The molecule has 0 fully saturated rings. The van der Waals surface area contributed by atoms with Crippen LogP contribution in [0, 0.1) is 11.6 Å². The Kier molecular flexibility index (Phi) is 7.38. The summed E-state index contributed by atoms with van der Waals surface area (Å²) in [5, 5.41) is 10.1. The predicted molar refractivity (Wildman–Crippen MR) is 137 cm³/mol. The summed E-state index contributed by atoms with van der Waals surface area (Å²) >= 11 is 7.69. The highest BCUT2D eigenvalue weighted by atomic mass is 35.5. The summed E-state index contributed by atoms with van der Waals surface area (Å²) < 4.78 is 35.4. The van der Waals surface area contributed by atoms with Crippen LogP contribution in [0.15, 0.2) is 72.0 Å². The molecule has 186 valence electrons. The van der Waals surface area contributed by atoms with Crippen LogP contribution in [-0.2, 0) is 11.2 Å². The maximum atomic E-state index is 14.5. The Hall–Kier alpha value is -3.36. The molecular weight excluding hydrogens is 506 g/mol. The van der Waals surface area contributed by atoms with E-state index in [0.717, 1.165) is 17.3 Å². The maximum absolute atomic E-state index is 14.5. The minimum Gasteiger partial charge on any atom is -0.495 e. The lowest BCUT2D eigenvalue weighted by molar-refractivity contribution is 0.0696. The summed E-state index contributed by atoms with van der Waals surface area (Å²) in [6.45, 7) is 4.06. The van der Waals surface area contributed by atoms with Crippen LogP contribution in [0.25, 0.3) is 5.69 Å². The highest BCUT2D eigenvalue weighted by Gasteiger charge is 2.30. The summed E-state index contributed by atoms with van der Waals surface area (Å²) in [4.78, 5) is 15.7. The van der Waals surface area contributed by atoms with Crippen molar-refractivity contribution in [2.75, 3.05) is 7.11 Å². The zero-order valence-corrected chi connectivity index (χ0v) is 21.3. The Bertz CT molecular complexity index is 1420. The Morgan fingerprint density at radius 2 is 1.83 bits per heavy atom. The topological polar surface area (TPSA) is 64.3 Å². The van der Waals surface area contributed by atoms with Crippen molar-refractivity contribution in [1.29, 1.82) is 0 Å². The van der Waals surface area contributed by atoms with Crippen LogP contribution >= 0.6 is 23.4 Å². The number of rotatable bonds is 8. The fourth-order valence-electron chi connectivity index (χ4n) is 3.86. The van der Waals surface area contributed by atoms with Gasteiger partial charge in [-0.1, -0.05) is 49.3 Å². The van der Waals surface area contributed by atoms with Crippen molar-refractivity contribution in [1.82, 2.24) is 9.55 Å². The largest absolute Gasteiger partial charge is 0.495 e. The number of carbonyl (C=O) groups is 1. The number of nitrogens with zero attached hydrogens (tertiary/aromatic N) is 2. The normalized spacial score (nSPS) is 11.5. The first-order chi connectivity index (χ1) is 17.1. The Morgan fingerprint density at radius 1 is 1.11 bits per heavy atom. The molecule has 1 heterocycles. The van der Waals surface area contributed by atoms with Gasteiger partial charge in [0.2, 0.25) is 0 Å². The van der Waals surface area contributed by atoms with Crippen LogP contribution in [0.2, 0.25) is 5.02 Å². The molecule has 0 aliphatic rings. The van der Waals surface area contributed by atoms with E-state index in [1.807, 2.05) is 30.5 Å². The quantitative estimate of drug-likeness (QED) is 0.246. The van der Waals surface area contributed by atoms with Gasteiger partial charge in [0.1, 0.15) is 17.4 Å². The molecule has 0 spiro atoms. The Labute approximate surface area is 216 Å². The second-order valence-corrected chi connectivity index (χ2v) is 9.96. The van der Waals surface area contributed by atoms with E-state index in [0.29, 0.717) is 27.2 Å². The fourth-order valence-corrected chi connectivity index (χ4v) is 5.10. The van der Waals surface area contributed by atoms with Gasteiger partial charge in [-0.05, 0) is 59.7 Å². The van der Waals surface area contributed by atoms with E-state index in [1.54, 1.807) is 31.5 Å². The standard InChI is InChI=1S/C27H23ClF2N2O3S/c1-27(2,18-6-11-23(35-3)21(28)13-18)24-14-31-26(32(24)20-9-7-19(29)8-10-20)36-15-17-5-4-16(25(33)34)12-22(17)30/h4-14H,15H2,1-3H3,(H,33,34). The van der Waals surface area contributed by atoms with E-state index in [4.69, 9.17) is 21.4 Å². The van der Waals surface area contributed by atoms with Crippen LogP contribution in [0.3, 0.4) is 0 Å². The van der Waals surface area contributed by atoms with Crippen LogP contribution in [0.1, 0.15) is 41.0 Å². The van der Waals surface area contributed by atoms with Gasteiger partial charge in [-0.3, -0.25) is 4.57 Å². The lowest BCUT2D eigenvalue weighted by Gasteiger charge is -2.28. The van der Waals surface area contributed by atoms with E-state index >= 15 is 0 Å². The van der Waals surface area contributed by atoms with E-state index in [2.05, 4.69) is 4.98 Å². The summed E-state index contributed by atoms with van der Waals surface area (Å²) in [6.07, 6.45) is 1.74. The maximum Gasteiger partial charge on any atom is 0.335 e. The van der Waals surface area contributed by atoms with Crippen LogP contribution < -0.4 is 4.74 Å². The summed E-state index contributed by atoms with van der Waals surface area (Å²) in [6, 6.07) is 15.5. The number of ether oxygens (including phenoxy) is 1. The van der Waals surface area contributed by atoms with E-state index in [1.165, 1.54) is 36.0 Å². The molecule has 4 aromatic rings. The smallest absolute Gasteiger partial charge is 0.335 e. The number of halogens is 3. The van der Waals surface area contributed by atoms with Crippen molar-refractivity contribution in [3.05, 3.63) is 106 Å². The highest BCUT2D eigenvalue weighted by Crippen LogP contribution is 2.39. The number of aromatic nitrogens is 2. The molecule has 1 aromatic heterocycles. The molecular formula is C27H23ClF2N2O3S. The number of aromatic carboxylic acids is 1. The van der Waals surface area contributed by atoms with Gasteiger partial charge in [0.25, 0.3) is 0 Å². The molecule has 0 radical (unpaired) electrons. The van der Waals surface area contributed by atoms with Crippen molar-refractivity contribution in [3.8, 4) is 11.4 Å². The van der Waals surface area contributed by atoms with Gasteiger partial charge in [0.05, 0.1) is 29.6 Å². The van der Waals surface area contributed by atoms with E-state index in [9.17, 15) is 13.6 Å². The van der Waals surface area contributed by atoms with Crippen LogP contribution in [0.4, 0.5) is 8.78 Å². The number of benzene rings is 3. The van der Waals surface area contributed by atoms with Gasteiger partial charge in [-0.25, -0.2) is 18.6 Å². The monoisotopic (exact) mass is 528 g/mol. The number of methoxy groups -OCH3 is 1. The molecule has 0 atom stereocenters. The van der Waals surface area contributed by atoms with Crippen molar-refractivity contribution in [2.24, 2.45) is 0 Å². The first kappa shape index (κ1) is 25.7. The molecule has 0 aliphatic carbocycles. The van der Waals surface area contributed by atoms with Gasteiger partial charge in [0, 0.05) is 16.9 Å².